The fourth-order valence-electron chi connectivity index (χ4n) is 1.33. The Labute approximate surface area is 73.8 Å². The van der Waals surface area contributed by atoms with Crippen molar-refractivity contribution in [3.63, 3.8) is 0 Å². The second-order valence-electron chi connectivity index (χ2n) is 3.86. The summed E-state index contributed by atoms with van der Waals surface area (Å²) in [4.78, 5) is 0. The number of allylic oxidation sites excluding steroid dienone is 2. The molecular weight excluding hydrogens is 150 g/mol. The van der Waals surface area contributed by atoms with Crippen LogP contribution >= 0.6 is 0 Å². The van der Waals surface area contributed by atoms with Crippen LogP contribution in [-0.2, 0) is 0 Å². The van der Waals surface area contributed by atoms with Gasteiger partial charge in [-0.2, -0.15) is 0 Å². The minimum absolute atomic E-state index is 0.220. The number of nitrogens with two attached hydrogens (primary N) is 1. The molecule has 2 heteroatoms. The largest absolute Gasteiger partial charge is 0.510 e. The van der Waals surface area contributed by atoms with Gasteiger partial charge in [-0.15, -0.1) is 0 Å². The highest BCUT2D eigenvalue weighted by Crippen LogP contribution is 2.28. The molecule has 0 amide bonds. The van der Waals surface area contributed by atoms with Gasteiger partial charge in [-0.1, -0.05) is 32.9 Å². The minimum atomic E-state index is -0.646. The first-order chi connectivity index (χ1) is 5.47. The van der Waals surface area contributed by atoms with Crippen molar-refractivity contribution in [3.8, 4) is 0 Å². The Morgan fingerprint density at radius 2 is 2.17 bits per heavy atom. The van der Waals surface area contributed by atoms with Crippen molar-refractivity contribution in [2.45, 2.75) is 26.3 Å². The maximum Gasteiger partial charge on any atom is 0.113 e. The topological polar surface area (TPSA) is 46.2 Å². The molecule has 1 rings (SSSR count). The zero-order valence-corrected chi connectivity index (χ0v) is 7.91. The number of hydrogen-bond donors (Lipinski definition) is 2. The van der Waals surface area contributed by atoms with Crippen molar-refractivity contribution < 1.29 is 5.11 Å². The van der Waals surface area contributed by atoms with Crippen LogP contribution in [0.5, 0.6) is 0 Å². The second-order valence-corrected chi connectivity index (χ2v) is 3.86. The van der Waals surface area contributed by atoms with E-state index in [9.17, 15) is 5.11 Å². The molecule has 2 unspecified atom stereocenters. The Morgan fingerprint density at radius 3 is 2.58 bits per heavy atom. The molecule has 0 aromatic rings. The Balaban J connectivity index is 2.94. The van der Waals surface area contributed by atoms with E-state index in [4.69, 9.17) is 5.73 Å². The van der Waals surface area contributed by atoms with Crippen LogP contribution in [0.15, 0.2) is 24.0 Å². The van der Waals surface area contributed by atoms with E-state index in [1.54, 1.807) is 6.08 Å². The lowest BCUT2D eigenvalue weighted by Gasteiger charge is -2.32. The van der Waals surface area contributed by atoms with Gasteiger partial charge in [-0.05, 0) is 17.9 Å². The molecule has 0 bridgehead atoms. The zero-order chi connectivity index (χ0) is 9.35. The first-order valence-electron chi connectivity index (χ1n) is 4.36. The highest BCUT2D eigenvalue weighted by atomic mass is 16.3. The monoisotopic (exact) mass is 167 g/mol. The van der Waals surface area contributed by atoms with Gasteiger partial charge >= 0.3 is 0 Å². The van der Waals surface area contributed by atoms with E-state index < -0.39 is 5.54 Å². The van der Waals surface area contributed by atoms with Gasteiger partial charge < -0.3 is 10.8 Å². The molecular formula is C10H17NO. The average molecular weight is 167 g/mol. The van der Waals surface area contributed by atoms with Gasteiger partial charge in [-0.3, -0.25) is 0 Å². The van der Waals surface area contributed by atoms with Crippen molar-refractivity contribution >= 4 is 0 Å². The summed E-state index contributed by atoms with van der Waals surface area (Å²) in [5, 5.41) is 9.65. The quantitative estimate of drug-likeness (QED) is 0.587. The van der Waals surface area contributed by atoms with Gasteiger partial charge in [0, 0.05) is 0 Å². The van der Waals surface area contributed by atoms with E-state index in [1.807, 2.05) is 32.9 Å². The van der Waals surface area contributed by atoms with Crippen LogP contribution in [0.2, 0.25) is 0 Å². The van der Waals surface area contributed by atoms with E-state index >= 15 is 0 Å². The molecule has 0 aromatic carbocycles. The minimum Gasteiger partial charge on any atom is -0.510 e. The van der Waals surface area contributed by atoms with Gasteiger partial charge in [0.2, 0.25) is 0 Å². The maximum atomic E-state index is 9.65. The second kappa shape index (κ2) is 2.94. The van der Waals surface area contributed by atoms with Crippen LogP contribution in [-0.4, -0.2) is 10.6 Å². The van der Waals surface area contributed by atoms with Gasteiger partial charge in [0.25, 0.3) is 0 Å². The normalized spacial score (nSPS) is 35.4. The summed E-state index contributed by atoms with van der Waals surface area (Å²) in [5.41, 5.74) is 5.36. The summed E-state index contributed by atoms with van der Waals surface area (Å²) < 4.78 is 0. The smallest absolute Gasteiger partial charge is 0.113 e. The van der Waals surface area contributed by atoms with E-state index in [1.165, 1.54) is 0 Å². The molecule has 0 heterocycles. The Morgan fingerprint density at radius 1 is 1.58 bits per heavy atom. The summed E-state index contributed by atoms with van der Waals surface area (Å²) in [5.74, 6) is 0.811. The molecule has 0 spiro atoms. The number of rotatable bonds is 1. The zero-order valence-electron chi connectivity index (χ0n) is 7.91. The molecule has 0 saturated carbocycles. The van der Waals surface area contributed by atoms with Crippen molar-refractivity contribution in [1.29, 1.82) is 0 Å². The van der Waals surface area contributed by atoms with Gasteiger partial charge in [0.05, 0.1) is 5.54 Å². The molecule has 0 radical (unpaired) electrons. The molecule has 0 aliphatic heterocycles. The third-order valence-corrected chi connectivity index (χ3v) is 2.50. The highest BCUT2D eigenvalue weighted by molar-refractivity contribution is 5.29. The molecule has 2 nitrogen and oxygen atoms in total. The Kier molecular flexibility index (Phi) is 2.29. The van der Waals surface area contributed by atoms with Crippen molar-refractivity contribution in [2.75, 3.05) is 0 Å². The van der Waals surface area contributed by atoms with Crippen LogP contribution in [0.3, 0.4) is 0 Å². The molecule has 2 atom stereocenters. The Hall–Kier alpha value is -0.760. The molecule has 0 aromatic heterocycles. The van der Waals surface area contributed by atoms with Crippen LogP contribution in [0.25, 0.3) is 0 Å². The van der Waals surface area contributed by atoms with Crippen molar-refractivity contribution in [2.24, 2.45) is 17.6 Å². The predicted octanol–water partition coefficient (Wildman–Crippen LogP) is 1.99. The Bertz CT molecular complexity index is 230. The predicted molar refractivity (Wildman–Crippen MR) is 50.8 cm³/mol. The van der Waals surface area contributed by atoms with Gasteiger partial charge in [0.15, 0.2) is 0 Å². The van der Waals surface area contributed by atoms with Crippen molar-refractivity contribution in [3.05, 3.63) is 24.0 Å². The van der Waals surface area contributed by atoms with Crippen LogP contribution in [0.4, 0.5) is 0 Å². The molecule has 0 saturated heterocycles. The van der Waals surface area contributed by atoms with Gasteiger partial charge in [0.1, 0.15) is 5.76 Å². The summed E-state index contributed by atoms with van der Waals surface area (Å²) in [6.45, 7) is 6.03. The van der Waals surface area contributed by atoms with Crippen molar-refractivity contribution in [1.82, 2.24) is 0 Å². The number of aliphatic hydroxyl groups excluding tert-OH is 1. The first-order valence-corrected chi connectivity index (χ1v) is 4.36. The van der Waals surface area contributed by atoms with Crippen LogP contribution in [0.1, 0.15) is 20.8 Å². The summed E-state index contributed by atoms with van der Waals surface area (Å²) in [7, 11) is 0. The maximum absolute atomic E-state index is 9.65. The molecule has 12 heavy (non-hydrogen) atoms. The van der Waals surface area contributed by atoms with E-state index in [2.05, 4.69) is 0 Å². The molecule has 3 N–H and O–H groups in total. The van der Waals surface area contributed by atoms with E-state index in [0.29, 0.717) is 11.7 Å². The SMILES string of the molecule is CC1C=CC(N)(C(C)C)C(O)=C1. The lowest BCUT2D eigenvalue weighted by Crippen LogP contribution is -2.46. The lowest BCUT2D eigenvalue weighted by atomic mass is 9.80. The third kappa shape index (κ3) is 1.39. The van der Waals surface area contributed by atoms with E-state index in [0.717, 1.165) is 0 Å². The lowest BCUT2D eigenvalue weighted by molar-refractivity contribution is 0.273. The number of aliphatic hydroxyl groups is 1. The summed E-state index contributed by atoms with van der Waals surface area (Å²) in [6, 6.07) is 0. The highest BCUT2D eigenvalue weighted by Gasteiger charge is 2.32. The first kappa shape index (κ1) is 9.33. The average Bonchev–Trinajstić information content (AvgIpc) is 1.97. The standard InChI is InChI=1S/C10H17NO/c1-7(2)10(11)5-4-8(3)6-9(10)12/h4-8,12H,11H2,1-3H3. The number of hydrogen-bond acceptors (Lipinski definition) is 2. The fraction of sp³-hybridized carbons (Fsp3) is 0.600. The molecule has 1 aliphatic carbocycles. The molecule has 68 valence electrons. The molecule has 1 aliphatic rings. The van der Waals surface area contributed by atoms with E-state index in [-0.39, 0.29) is 5.92 Å². The van der Waals surface area contributed by atoms with Gasteiger partial charge in [-0.25, -0.2) is 0 Å². The summed E-state index contributed by atoms with van der Waals surface area (Å²) in [6.07, 6.45) is 5.73. The fourth-order valence-corrected chi connectivity index (χ4v) is 1.33. The molecule has 0 fully saturated rings. The third-order valence-electron chi connectivity index (χ3n) is 2.50. The van der Waals surface area contributed by atoms with Crippen LogP contribution in [0, 0.1) is 11.8 Å². The summed E-state index contributed by atoms with van der Waals surface area (Å²) >= 11 is 0. The van der Waals surface area contributed by atoms with Crippen LogP contribution < -0.4 is 5.73 Å².